The number of rotatable bonds is 6. The maximum absolute atomic E-state index is 12.8. The van der Waals surface area contributed by atoms with E-state index in [-0.39, 0.29) is 17.9 Å². The Morgan fingerprint density at radius 2 is 2.03 bits per heavy atom. The van der Waals surface area contributed by atoms with Gasteiger partial charge in [0.15, 0.2) is 0 Å². The first-order valence-electron chi connectivity index (χ1n) is 11.0. The molecule has 3 aromatic heterocycles. The summed E-state index contributed by atoms with van der Waals surface area (Å²) >= 11 is 0. The highest BCUT2D eigenvalue weighted by Gasteiger charge is 2.27. The van der Waals surface area contributed by atoms with Crippen LogP contribution in [0.25, 0.3) is 11.1 Å². The molecule has 9 nitrogen and oxygen atoms in total. The fraction of sp³-hybridized carbons (Fsp3) is 0.375. The average molecular weight is 449 g/mol. The Labute approximate surface area is 192 Å². The van der Waals surface area contributed by atoms with E-state index >= 15 is 0 Å². The van der Waals surface area contributed by atoms with Crippen molar-refractivity contribution in [3.05, 3.63) is 65.5 Å². The molecule has 1 atom stereocenters. The molecule has 1 saturated heterocycles. The third-order valence-electron chi connectivity index (χ3n) is 5.75. The normalized spacial score (nSPS) is 16.0. The zero-order chi connectivity index (χ0) is 23.4. The van der Waals surface area contributed by atoms with Gasteiger partial charge in [0, 0.05) is 55.9 Å². The number of morpholine rings is 1. The van der Waals surface area contributed by atoms with E-state index in [1.807, 2.05) is 47.7 Å². The summed E-state index contributed by atoms with van der Waals surface area (Å²) in [5, 5.41) is 6.82. The number of nitrogens with zero attached hydrogens (tertiary/aromatic N) is 5. The number of hydrogen-bond donors (Lipinski definition) is 1. The highest BCUT2D eigenvalue weighted by molar-refractivity contribution is 5.92. The number of aromatic nitrogens is 4. The first kappa shape index (κ1) is 22.6. The van der Waals surface area contributed by atoms with Crippen LogP contribution in [0.3, 0.4) is 0 Å². The molecule has 3 aromatic rings. The quantitative estimate of drug-likeness (QED) is 0.621. The minimum Gasteiger partial charge on any atom is -0.368 e. The van der Waals surface area contributed by atoms with Gasteiger partial charge >= 0.3 is 0 Å². The molecule has 1 aliphatic heterocycles. The van der Waals surface area contributed by atoms with Gasteiger partial charge < -0.3 is 15.0 Å². The van der Waals surface area contributed by atoms with Crippen LogP contribution in [-0.2, 0) is 16.1 Å². The smallest absolute Gasteiger partial charge is 0.269 e. The summed E-state index contributed by atoms with van der Waals surface area (Å²) in [7, 11) is 1.58. The summed E-state index contributed by atoms with van der Waals surface area (Å²) < 4.78 is 7.82. The Morgan fingerprint density at radius 1 is 1.18 bits per heavy atom. The van der Waals surface area contributed by atoms with Crippen LogP contribution in [0.2, 0.25) is 0 Å². The van der Waals surface area contributed by atoms with Crippen molar-refractivity contribution in [1.29, 1.82) is 0 Å². The summed E-state index contributed by atoms with van der Waals surface area (Å²) in [6, 6.07) is 9.43. The number of aryl methyl sites for hydroxylation is 3. The van der Waals surface area contributed by atoms with E-state index in [0.29, 0.717) is 38.4 Å². The number of pyridine rings is 2. The Hall–Kier alpha value is -3.59. The van der Waals surface area contributed by atoms with Crippen molar-refractivity contribution in [2.45, 2.75) is 32.9 Å². The van der Waals surface area contributed by atoms with Crippen molar-refractivity contribution in [3.8, 4) is 11.1 Å². The number of hydrogen-bond acceptors (Lipinski definition) is 6. The molecule has 1 fully saturated rings. The monoisotopic (exact) mass is 448 g/mol. The standard InChI is InChI=1S/C24H28N6O3/c1-16-12-19(18-4-5-20(26-14-18)24(32)25-3)13-21(28-16)22-15-29(10-11-33-22)23(31)7-9-30-17(2)6-8-27-30/h4-6,8,12-14,22H,7,9-11,15H2,1-3H3,(H,25,32). The molecule has 0 bridgehead atoms. The zero-order valence-corrected chi connectivity index (χ0v) is 19.1. The highest BCUT2D eigenvalue weighted by Crippen LogP contribution is 2.27. The summed E-state index contributed by atoms with van der Waals surface area (Å²) in [6.07, 6.45) is 3.52. The van der Waals surface area contributed by atoms with Gasteiger partial charge in [-0.1, -0.05) is 6.07 Å². The first-order valence-corrected chi connectivity index (χ1v) is 11.0. The van der Waals surface area contributed by atoms with E-state index in [4.69, 9.17) is 4.74 Å². The van der Waals surface area contributed by atoms with Gasteiger partial charge in [-0.05, 0) is 43.7 Å². The zero-order valence-electron chi connectivity index (χ0n) is 19.1. The van der Waals surface area contributed by atoms with Crippen LogP contribution in [0.15, 0.2) is 42.7 Å². The topological polar surface area (TPSA) is 102 Å². The molecule has 1 aliphatic rings. The molecule has 2 amide bonds. The van der Waals surface area contributed by atoms with Gasteiger partial charge in [0.2, 0.25) is 5.91 Å². The van der Waals surface area contributed by atoms with E-state index in [1.54, 1.807) is 25.5 Å². The third kappa shape index (κ3) is 5.25. The Kier molecular flexibility index (Phi) is 6.79. The number of amides is 2. The Morgan fingerprint density at radius 3 is 2.73 bits per heavy atom. The number of carbonyl (C=O) groups excluding carboxylic acids is 2. The van der Waals surface area contributed by atoms with Crippen molar-refractivity contribution >= 4 is 11.8 Å². The molecule has 0 saturated carbocycles. The Bertz CT molecular complexity index is 1140. The lowest BCUT2D eigenvalue weighted by molar-refractivity contribution is -0.139. The Balaban J connectivity index is 1.47. The summed E-state index contributed by atoms with van der Waals surface area (Å²) in [5.74, 6) is -0.142. The molecular weight excluding hydrogens is 420 g/mol. The highest BCUT2D eigenvalue weighted by atomic mass is 16.5. The fourth-order valence-electron chi connectivity index (χ4n) is 3.90. The molecule has 9 heteroatoms. The van der Waals surface area contributed by atoms with Gasteiger partial charge in [-0.25, -0.2) is 0 Å². The molecule has 172 valence electrons. The second-order valence-electron chi connectivity index (χ2n) is 8.08. The molecule has 4 heterocycles. The molecular formula is C24H28N6O3. The average Bonchev–Trinajstić information content (AvgIpc) is 3.26. The van der Waals surface area contributed by atoms with Crippen molar-refractivity contribution < 1.29 is 14.3 Å². The number of carbonyl (C=O) groups is 2. The predicted molar refractivity (Wildman–Crippen MR) is 122 cm³/mol. The van der Waals surface area contributed by atoms with Crippen molar-refractivity contribution in [1.82, 2.24) is 30.0 Å². The van der Waals surface area contributed by atoms with Gasteiger partial charge in [0.05, 0.1) is 18.8 Å². The second kappa shape index (κ2) is 9.91. The third-order valence-corrected chi connectivity index (χ3v) is 5.75. The molecule has 1 unspecified atom stereocenters. The summed E-state index contributed by atoms with van der Waals surface area (Å²) in [4.78, 5) is 35.3. The van der Waals surface area contributed by atoms with Crippen LogP contribution in [-0.4, -0.2) is 63.2 Å². The van der Waals surface area contributed by atoms with Crippen LogP contribution in [0.5, 0.6) is 0 Å². The van der Waals surface area contributed by atoms with Crippen LogP contribution >= 0.6 is 0 Å². The minimum atomic E-state index is -0.300. The van der Waals surface area contributed by atoms with Crippen LogP contribution in [0.1, 0.15) is 40.1 Å². The lowest BCUT2D eigenvalue weighted by atomic mass is 10.0. The predicted octanol–water partition coefficient (Wildman–Crippen LogP) is 2.31. The summed E-state index contributed by atoms with van der Waals surface area (Å²) in [6.45, 7) is 5.95. The lowest BCUT2D eigenvalue weighted by Gasteiger charge is -2.33. The van der Waals surface area contributed by atoms with Gasteiger partial charge in [-0.15, -0.1) is 0 Å². The number of nitrogens with one attached hydrogen (secondary N) is 1. The second-order valence-corrected chi connectivity index (χ2v) is 8.08. The maximum atomic E-state index is 12.8. The largest absolute Gasteiger partial charge is 0.368 e. The molecule has 0 aromatic carbocycles. The van der Waals surface area contributed by atoms with Gasteiger partial charge in [-0.2, -0.15) is 5.10 Å². The van der Waals surface area contributed by atoms with Gasteiger partial charge in [0.25, 0.3) is 5.91 Å². The van der Waals surface area contributed by atoms with Gasteiger partial charge in [-0.3, -0.25) is 24.2 Å². The van der Waals surface area contributed by atoms with E-state index < -0.39 is 0 Å². The van der Waals surface area contributed by atoms with Crippen LogP contribution in [0, 0.1) is 13.8 Å². The van der Waals surface area contributed by atoms with E-state index in [1.165, 1.54) is 0 Å². The molecule has 0 radical (unpaired) electrons. The van der Waals surface area contributed by atoms with Crippen molar-refractivity contribution in [3.63, 3.8) is 0 Å². The molecule has 0 spiro atoms. The molecule has 4 rings (SSSR count). The molecule has 33 heavy (non-hydrogen) atoms. The first-order chi connectivity index (χ1) is 15.9. The maximum Gasteiger partial charge on any atom is 0.269 e. The van der Waals surface area contributed by atoms with E-state index in [9.17, 15) is 9.59 Å². The number of ether oxygens (including phenoxy) is 1. The molecule has 1 N–H and O–H groups in total. The van der Waals surface area contributed by atoms with Gasteiger partial charge in [0.1, 0.15) is 11.8 Å². The van der Waals surface area contributed by atoms with Crippen LogP contribution < -0.4 is 5.32 Å². The van der Waals surface area contributed by atoms with Crippen LogP contribution in [0.4, 0.5) is 0 Å². The molecule has 0 aliphatic carbocycles. The fourth-order valence-corrected chi connectivity index (χ4v) is 3.90. The van der Waals surface area contributed by atoms with E-state index in [0.717, 1.165) is 28.2 Å². The van der Waals surface area contributed by atoms with Crippen molar-refractivity contribution in [2.75, 3.05) is 26.7 Å². The van der Waals surface area contributed by atoms with Crippen molar-refractivity contribution in [2.24, 2.45) is 0 Å². The SMILES string of the molecule is CNC(=O)c1ccc(-c2cc(C)nc(C3CN(C(=O)CCn4nccc4C)CCO3)c2)cn1. The minimum absolute atomic E-state index is 0.0834. The lowest BCUT2D eigenvalue weighted by Crippen LogP contribution is -2.42. The summed E-state index contributed by atoms with van der Waals surface area (Å²) in [5.41, 5.74) is 4.85. The van der Waals surface area contributed by atoms with E-state index in [2.05, 4.69) is 20.4 Å².